The van der Waals surface area contributed by atoms with Crippen LogP contribution < -0.4 is 15.0 Å². The van der Waals surface area contributed by atoms with E-state index < -0.39 is 0 Å². The first-order valence-electron chi connectivity index (χ1n) is 7.70. The van der Waals surface area contributed by atoms with Crippen LogP contribution in [0.15, 0.2) is 24.4 Å². The SMILES string of the molecule is COc1ccc(C)cc1Nc1nncc(N2CCN(C)CC2)n1. The Morgan fingerprint density at radius 1 is 1.17 bits per heavy atom. The number of aryl methyl sites for hydroxylation is 1. The maximum absolute atomic E-state index is 5.38. The number of likely N-dealkylation sites (N-methyl/N-ethyl adjacent to an activating group) is 1. The lowest BCUT2D eigenvalue weighted by molar-refractivity contribution is 0.312. The Bertz CT molecular complexity index is 669. The van der Waals surface area contributed by atoms with E-state index in [0.717, 1.165) is 49.0 Å². The average molecular weight is 314 g/mol. The number of benzene rings is 1. The van der Waals surface area contributed by atoms with Gasteiger partial charge in [-0.1, -0.05) is 6.07 Å². The number of aromatic nitrogens is 3. The summed E-state index contributed by atoms with van der Waals surface area (Å²) in [5, 5.41) is 11.4. The van der Waals surface area contributed by atoms with Gasteiger partial charge in [-0.15, -0.1) is 5.10 Å². The second kappa shape index (κ2) is 6.78. The summed E-state index contributed by atoms with van der Waals surface area (Å²) in [7, 11) is 3.78. The highest BCUT2D eigenvalue weighted by molar-refractivity contribution is 5.64. The van der Waals surface area contributed by atoms with Gasteiger partial charge in [-0.2, -0.15) is 10.1 Å². The van der Waals surface area contributed by atoms with Crippen LogP contribution in [-0.2, 0) is 0 Å². The number of hydrogen-bond acceptors (Lipinski definition) is 7. The summed E-state index contributed by atoms with van der Waals surface area (Å²) in [6, 6.07) is 5.93. The molecule has 2 heterocycles. The minimum atomic E-state index is 0.477. The predicted octanol–water partition coefficient (Wildman–Crippen LogP) is 1.68. The molecule has 1 saturated heterocycles. The van der Waals surface area contributed by atoms with E-state index >= 15 is 0 Å². The molecule has 7 heteroatoms. The summed E-state index contributed by atoms with van der Waals surface area (Å²) >= 11 is 0. The molecule has 0 amide bonds. The molecule has 1 fully saturated rings. The molecular formula is C16H22N6O. The number of anilines is 3. The molecule has 0 atom stereocenters. The minimum absolute atomic E-state index is 0.477. The summed E-state index contributed by atoms with van der Waals surface area (Å²) in [5.41, 5.74) is 1.97. The molecule has 0 radical (unpaired) electrons. The minimum Gasteiger partial charge on any atom is -0.495 e. The zero-order chi connectivity index (χ0) is 16.2. The van der Waals surface area contributed by atoms with Gasteiger partial charge in [0, 0.05) is 26.2 Å². The molecule has 1 aliphatic rings. The van der Waals surface area contributed by atoms with Crippen LogP contribution in [0.4, 0.5) is 17.5 Å². The maximum atomic E-state index is 5.38. The van der Waals surface area contributed by atoms with Gasteiger partial charge in [-0.3, -0.25) is 0 Å². The van der Waals surface area contributed by atoms with Crippen molar-refractivity contribution in [2.45, 2.75) is 6.92 Å². The largest absolute Gasteiger partial charge is 0.495 e. The monoisotopic (exact) mass is 314 g/mol. The van der Waals surface area contributed by atoms with Crippen LogP contribution in [0.5, 0.6) is 5.75 Å². The van der Waals surface area contributed by atoms with E-state index in [1.807, 2.05) is 25.1 Å². The molecule has 3 rings (SSSR count). The first-order chi connectivity index (χ1) is 11.2. The molecule has 0 saturated carbocycles. The number of nitrogens with one attached hydrogen (secondary N) is 1. The highest BCUT2D eigenvalue weighted by Crippen LogP contribution is 2.27. The smallest absolute Gasteiger partial charge is 0.249 e. The molecule has 7 nitrogen and oxygen atoms in total. The van der Waals surface area contributed by atoms with Crippen LogP contribution in [0, 0.1) is 6.92 Å². The van der Waals surface area contributed by atoms with Crippen LogP contribution in [0.1, 0.15) is 5.56 Å². The zero-order valence-corrected chi connectivity index (χ0v) is 13.8. The molecule has 1 aliphatic heterocycles. The van der Waals surface area contributed by atoms with Crippen molar-refractivity contribution in [1.82, 2.24) is 20.1 Å². The van der Waals surface area contributed by atoms with Gasteiger partial charge in [0.15, 0.2) is 5.82 Å². The number of methoxy groups -OCH3 is 1. The lowest BCUT2D eigenvalue weighted by atomic mass is 10.2. The third kappa shape index (κ3) is 3.68. The maximum Gasteiger partial charge on any atom is 0.249 e. The topological polar surface area (TPSA) is 66.4 Å². The molecule has 0 bridgehead atoms. The normalized spacial score (nSPS) is 15.5. The molecule has 1 aromatic carbocycles. The summed E-state index contributed by atoms with van der Waals surface area (Å²) < 4.78 is 5.38. The van der Waals surface area contributed by atoms with Gasteiger partial charge in [0.2, 0.25) is 5.95 Å². The molecule has 1 N–H and O–H groups in total. The van der Waals surface area contributed by atoms with E-state index in [1.54, 1.807) is 13.3 Å². The number of nitrogens with zero attached hydrogens (tertiary/aromatic N) is 5. The van der Waals surface area contributed by atoms with Crippen molar-refractivity contribution < 1.29 is 4.74 Å². The molecule has 1 aromatic heterocycles. The molecule has 0 aliphatic carbocycles. The molecule has 23 heavy (non-hydrogen) atoms. The number of ether oxygens (including phenoxy) is 1. The molecular weight excluding hydrogens is 292 g/mol. The van der Waals surface area contributed by atoms with Crippen molar-refractivity contribution in [2.24, 2.45) is 0 Å². The number of hydrogen-bond donors (Lipinski definition) is 1. The average Bonchev–Trinajstić information content (AvgIpc) is 2.56. The molecule has 2 aromatic rings. The fourth-order valence-corrected chi connectivity index (χ4v) is 2.58. The van der Waals surface area contributed by atoms with Gasteiger partial charge in [0.05, 0.1) is 19.0 Å². The third-order valence-corrected chi connectivity index (χ3v) is 3.97. The van der Waals surface area contributed by atoms with E-state index in [0.29, 0.717) is 5.95 Å². The highest BCUT2D eigenvalue weighted by Gasteiger charge is 2.16. The van der Waals surface area contributed by atoms with E-state index in [1.165, 1.54) is 0 Å². The van der Waals surface area contributed by atoms with Crippen molar-refractivity contribution in [3.63, 3.8) is 0 Å². The van der Waals surface area contributed by atoms with Crippen LogP contribution in [0.25, 0.3) is 0 Å². The molecule has 122 valence electrons. The second-order valence-electron chi connectivity index (χ2n) is 5.76. The van der Waals surface area contributed by atoms with Crippen molar-refractivity contribution in [2.75, 3.05) is 50.6 Å². The fraction of sp³-hybridized carbons (Fsp3) is 0.438. The Morgan fingerprint density at radius 2 is 1.96 bits per heavy atom. The van der Waals surface area contributed by atoms with Gasteiger partial charge in [0.1, 0.15) is 5.75 Å². The van der Waals surface area contributed by atoms with Crippen LogP contribution in [0.2, 0.25) is 0 Å². The van der Waals surface area contributed by atoms with E-state index in [9.17, 15) is 0 Å². The summed E-state index contributed by atoms with van der Waals surface area (Å²) in [4.78, 5) is 9.13. The molecule has 0 spiro atoms. The van der Waals surface area contributed by atoms with Gasteiger partial charge in [-0.25, -0.2) is 0 Å². The van der Waals surface area contributed by atoms with Gasteiger partial charge < -0.3 is 19.9 Å². The van der Waals surface area contributed by atoms with Crippen molar-refractivity contribution in [1.29, 1.82) is 0 Å². The fourth-order valence-electron chi connectivity index (χ4n) is 2.58. The zero-order valence-electron chi connectivity index (χ0n) is 13.8. The Hall–Kier alpha value is -2.41. The summed E-state index contributed by atoms with van der Waals surface area (Å²) in [6.07, 6.45) is 1.71. The lowest BCUT2D eigenvalue weighted by Gasteiger charge is -2.32. The Morgan fingerprint density at radius 3 is 2.70 bits per heavy atom. The van der Waals surface area contributed by atoms with E-state index in [-0.39, 0.29) is 0 Å². The Balaban J connectivity index is 1.79. The lowest BCUT2D eigenvalue weighted by Crippen LogP contribution is -2.44. The number of piperazine rings is 1. The van der Waals surface area contributed by atoms with Crippen molar-refractivity contribution >= 4 is 17.5 Å². The van der Waals surface area contributed by atoms with E-state index in [4.69, 9.17) is 4.74 Å². The second-order valence-corrected chi connectivity index (χ2v) is 5.76. The third-order valence-electron chi connectivity index (χ3n) is 3.97. The van der Waals surface area contributed by atoms with Gasteiger partial charge in [-0.05, 0) is 31.7 Å². The Labute approximate surface area is 136 Å². The molecule has 0 unspecified atom stereocenters. The standard InChI is InChI=1S/C16H22N6O/c1-12-4-5-14(23-3)13(10-12)18-16-19-15(11-17-20-16)22-8-6-21(2)7-9-22/h4-5,10-11H,6-9H2,1-3H3,(H,18,19,20). The predicted molar refractivity (Wildman–Crippen MR) is 90.6 cm³/mol. The number of rotatable bonds is 4. The summed E-state index contributed by atoms with van der Waals surface area (Å²) in [6.45, 7) is 5.98. The Kier molecular flexibility index (Phi) is 4.57. The first kappa shape index (κ1) is 15.5. The highest BCUT2D eigenvalue weighted by atomic mass is 16.5. The quantitative estimate of drug-likeness (QED) is 0.921. The van der Waals surface area contributed by atoms with Crippen LogP contribution in [0.3, 0.4) is 0 Å². The van der Waals surface area contributed by atoms with Crippen LogP contribution in [-0.4, -0.2) is 60.4 Å². The van der Waals surface area contributed by atoms with Gasteiger partial charge >= 0.3 is 0 Å². The van der Waals surface area contributed by atoms with E-state index in [2.05, 4.69) is 37.3 Å². The van der Waals surface area contributed by atoms with Crippen molar-refractivity contribution in [3.8, 4) is 5.75 Å². The van der Waals surface area contributed by atoms with Crippen LogP contribution >= 0.6 is 0 Å². The van der Waals surface area contributed by atoms with Crippen molar-refractivity contribution in [3.05, 3.63) is 30.0 Å². The summed E-state index contributed by atoms with van der Waals surface area (Å²) in [5.74, 6) is 2.08. The van der Waals surface area contributed by atoms with Gasteiger partial charge in [0.25, 0.3) is 0 Å². The first-order valence-corrected chi connectivity index (χ1v) is 7.70.